The molecule has 0 radical (unpaired) electrons. The van der Waals surface area contributed by atoms with E-state index in [4.69, 9.17) is 21.3 Å². The molecule has 0 amide bonds. The van der Waals surface area contributed by atoms with E-state index in [0.29, 0.717) is 33.8 Å². The first-order valence-electron chi connectivity index (χ1n) is 7.68. The fourth-order valence-electron chi connectivity index (χ4n) is 2.44. The van der Waals surface area contributed by atoms with Gasteiger partial charge in [-0.3, -0.25) is 10.1 Å². The van der Waals surface area contributed by atoms with Gasteiger partial charge in [-0.25, -0.2) is 0 Å². The normalized spacial score (nSPS) is 10.9. The number of rotatable bonds is 4. The molecule has 2 aromatic carbocycles. The van der Waals surface area contributed by atoms with Gasteiger partial charge in [-0.05, 0) is 48.0 Å². The first kappa shape index (κ1) is 17.9. The largest absolute Gasteiger partial charge is 0.457 e. The topological polar surface area (TPSA) is 104 Å². The van der Waals surface area contributed by atoms with Gasteiger partial charge in [0.2, 0.25) is 0 Å². The summed E-state index contributed by atoms with van der Waals surface area (Å²) in [6, 6.07) is 18.4. The number of nitrogens with zero attached hydrogens (tertiary/aromatic N) is 3. The van der Waals surface area contributed by atoms with Crippen molar-refractivity contribution in [2.45, 2.75) is 0 Å². The van der Waals surface area contributed by atoms with Crippen LogP contribution in [0.25, 0.3) is 23.0 Å². The van der Waals surface area contributed by atoms with E-state index < -0.39 is 4.92 Å². The fourth-order valence-corrected chi connectivity index (χ4v) is 2.62. The van der Waals surface area contributed by atoms with Crippen molar-refractivity contribution in [3.05, 3.63) is 86.6 Å². The first-order valence-corrected chi connectivity index (χ1v) is 8.06. The maximum atomic E-state index is 11.0. The lowest BCUT2D eigenvalue weighted by Crippen LogP contribution is -1.89. The number of allylic oxidation sites excluding steroid dienone is 1. The number of furan rings is 1. The Bertz CT molecular complexity index is 1130. The van der Waals surface area contributed by atoms with E-state index in [1.54, 1.807) is 48.5 Å². The molecule has 1 heterocycles. The lowest BCUT2D eigenvalue weighted by Gasteiger charge is -2.00. The molecule has 7 heteroatoms. The third kappa shape index (κ3) is 3.87. The summed E-state index contributed by atoms with van der Waals surface area (Å²) in [5.41, 5.74) is 1.81. The third-order valence-electron chi connectivity index (χ3n) is 3.79. The zero-order chi connectivity index (χ0) is 19.4. The molecule has 0 fully saturated rings. The van der Waals surface area contributed by atoms with Gasteiger partial charge >= 0.3 is 0 Å². The van der Waals surface area contributed by atoms with Crippen LogP contribution in [0.15, 0.2) is 59.0 Å². The highest BCUT2D eigenvalue weighted by molar-refractivity contribution is 6.32. The van der Waals surface area contributed by atoms with Gasteiger partial charge in [0.05, 0.1) is 28.2 Å². The summed E-state index contributed by atoms with van der Waals surface area (Å²) in [4.78, 5) is 10.5. The number of nitro groups is 1. The second-order valence-electron chi connectivity index (χ2n) is 5.48. The molecular weight excluding hydrogens is 366 g/mol. The minimum absolute atomic E-state index is 0.0445. The molecule has 0 saturated heterocycles. The van der Waals surface area contributed by atoms with Crippen LogP contribution >= 0.6 is 11.6 Å². The van der Waals surface area contributed by atoms with E-state index in [1.807, 2.05) is 6.07 Å². The lowest BCUT2D eigenvalue weighted by atomic mass is 10.0. The monoisotopic (exact) mass is 375 g/mol. The van der Waals surface area contributed by atoms with Crippen molar-refractivity contribution < 1.29 is 9.34 Å². The van der Waals surface area contributed by atoms with E-state index in [9.17, 15) is 15.4 Å². The molecule has 0 spiro atoms. The Morgan fingerprint density at radius 2 is 1.85 bits per heavy atom. The molecule has 0 aliphatic carbocycles. The van der Waals surface area contributed by atoms with Crippen molar-refractivity contribution in [3.63, 3.8) is 0 Å². The quantitative estimate of drug-likeness (QED) is 0.343. The maximum Gasteiger partial charge on any atom is 0.288 e. The molecular formula is C20H10ClN3O3. The Hall–Kier alpha value is -3.87. The number of halogens is 1. The minimum atomic E-state index is -0.561. The summed E-state index contributed by atoms with van der Waals surface area (Å²) in [6.07, 6.45) is 1.56. The average molecular weight is 376 g/mol. The molecule has 0 unspecified atom stereocenters. The molecule has 6 nitrogen and oxygen atoms in total. The van der Waals surface area contributed by atoms with Crippen molar-refractivity contribution in [2.75, 3.05) is 0 Å². The second-order valence-corrected chi connectivity index (χ2v) is 5.89. The molecule has 0 N–H and O–H groups in total. The van der Waals surface area contributed by atoms with Crippen molar-refractivity contribution >= 4 is 28.9 Å². The highest BCUT2D eigenvalue weighted by atomic mass is 35.5. The van der Waals surface area contributed by atoms with Crippen LogP contribution in [-0.4, -0.2) is 4.92 Å². The SMILES string of the molecule is N#C/C(=C/c1ccc(-c2ccc(Cl)c([N+](=O)[O-])c2)o1)c1ccc(C#N)cc1. The van der Waals surface area contributed by atoms with Gasteiger partial charge < -0.3 is 4.42 Å². The van der Waals surface area contributed by atoms with Crippen molar-refractivity contribution in [1.82, 2.24) is 0 Å². The highest BCUT2D eigenvalue weighted by Crippen LogP contribution is 2.32. The number of nitro benzene ring substituents is 1. The Labute approximate surface area is 159 Å². The van der Waals surface area contributed by atoms with Crippen LogP contribution in [0, 0.1) is 32.8 Å². The summed E-state index contributed by atoms with van der Waals surface area (Å²) in [5, 5.41) is 29.3. The zero-order valence-corrected chi connectivity index (χ0v) is 14.5. The minimum Gasteiger partial charge on any atom is -0.457 e. The van der Waals surface area contributed by atoms with Crippen molar-refractivity contribution in [2.24, 2.45) is 0 Å². The first-order chi connectivity index (χ1) is 13.0. The molecule has 27 heavy (non-hydrogen) atoms. The van der Waals surface area contributed by atoms with Gasteiger partial charge in [0.15, 0.2) is 0 Å². The molecule has 0 aliphatic rings. The van der Waals surface area contributed by atoms with Crippen molar-refractivity contribution in [1.29, 1.82) is 10.5 Å². The summed E-state index contributed by atoms with van der Waals surface area (Å²) < 4.78 is 5.70. The van der Waals surface area contributed by atoms with Crippen LogP contribution in [0.2, 0.25) is 5.02 Å². The predicted molar refractivity (Wildman–Crippen MR) is 100 cm³/mol. The Kier molecular flexibility index (Phi) is 5.03. The molecule has 130 valence electrons. The molecule has 0 bridgehead atoms. The molecule has 0 atom stereocenters. The van der Waals surface area contributed by atoms with Gasteiger partial charge in [-0.15, -0.1) is 0 Å². The van der Waals surface area contributed by atoms with Crippen molar-refractivity contribution in [3.8, 4) is 23.5 Å². The van der Waals surface area contributed by atoms with Gasteiger partial charge in [-0.2, -0.15) is 10.5 Å². The molecule has 0 saturated carbocycles. The second kappa shape index (κ2) is 7.57. The molecule has 1 aromatic heterocycles. The summed E-state index contributed by atoms with van der Waals surface area (Å²) >= 11 is 5.82. The molecule has 0 aliphatic heterocycles. The number of hydrogen-bond acceptors (Lipinski definition) is 5. The van der Waals surface area contributed by atoms with Gasteiger partial charge in [0.25, 0.3) is 5.69 Å². The van der Waals surface area contributed by atoms with E-state index in [1.165, 1.54) is 12.1 Å². The summed E-state index contributed by atoms with van der Waals surface area (Å²) in [7, 11) is 0. The Balaban J connectivity index is 1.94. The van der Waals surface area contributed by atoms with E-state index in [0.717, 1.165) is 0 Å². The number of benzene rings is 2. The predicted octanol–water partition coefficient (Wildman–Crippen LogP) is 5.44. The number of hydrogen-bond donors (Lipinski definition) is 0. The summed E-state index contributed by atoms with van der Waals surface area (Å²) in [6.45, 7) is 0. The van der Waals surface area contributed by atoms with Crippen LogP contribution in [-0.2, 0) is 0 Å². The van der Waals surface area contributed by atoms with Crippen LogP contribution in [0.5, 0.6) is 0 Å². The average Bonchev–Trinajstić information content (AvgIpc) is 3.15. The standard InChI is InChI=1S/C20H10ClN3O3/c21-18-7-5-15(10-19(18)24(25)26)20-8-6-17(27-20)9-16(12-23)14-3-1-13(11-22)2-4-14/h1-10H/b16-9-. The molecule has 3 aromatic rings. The van der Waals surface area contributed by atoms with Crippen LogP contribution in [0.4, 0.5) is 5.69 Å². The van der Waals surface area contributed by atoms with E-state index in [2.05, 4.69) is 6.07 Å². The highest BCUT2D eigenvalue weighted by Gasteiger charge is 2.15. The summed E-state index contributed by atoms with van der Waals surface area (Å²) in [5.74, 6) is 0.835. The number of nitriles is 2. The molecule has 3 rings (SSSR count). The third-order valence-corrected chi connectivity index (χ3v) is 4.11. The van der Waals surface area contributed by atoms with E-state index >= 15 is 0 Å². The van der Waals surface area contributed by atoms with Gasteiger partial charge in [-0.1, -0.05) is 23.7 Å². The maximum absolute atomic E-state index is 11.0. The van der Waals surface area contributed by atoms with Gasteiger partial charge in [0, 0.05) is 11.6 Å². The Morgan fingerprint density at radius 3 is 2.48 bits per heavy atom. The smallest absolute Gasteiger partial charge is 0.288 e. The van der Waals surface area contributed by atoms with Crippen LogP contribution < -0.4 is 0 Å². The van der Waals surface area contributed by atoms with Crippen LogP contribution in [0.3, 0.4) is 0 Å². The fraction of sp³-hybridized carbons (Fsp3) is 0. The lowest BCUT2D eigenvalue weighted by molar-refractivity contribution is -0.384. The Morgan fingerprint density at radius 1 is 1.11 bits per heavy atom. The zero-order valence-electron chi connectivity index (χ0n) is 13.7. The van der Waals surface area contributed by atoms with Crippen LogP contribution in [0.1, 0.15) is 16.9 Å². The van der Waals surface area contributed by atoms with E-state index in [-0.39, 0.29) is 10.7 Å². The van der Waals surface area contributed by atoms with Gasteiger partial charge in [0.1, 0.15) is 16.5 Å².